The average molecular weight is 568 g/mol. The second-order valence-electron chi connectivity index (χ2n) is 9.80. The van der Waals surface area contributed by atoms with Gasteiger partial charge in [0.1, 0.15) is 0 Å². The fourth-order valence-electron chi connectivity index (χ4n) is 5.07. The van der Waals surface area contributed by atoms with Crippen molar-refractivity contribution in [3.63, 3.8) is 0 Å². The first-order valence-electron chi connectivity index (χ1n) is 12.8. The Bertz CT molecular complexity index is 1590. The molecule has 0 unspecified atom stereocenters. The number of amides is 2. The van der Waals surface area contributed by atoms with Crippen molar-refractivity contribution in [3.8, 4) is 0 Å². The third-order valence-corrected chi connectivity index (χ3v) is 8.68. The van der Waals surface area contributed by atoms with E-state index in [1.165, 1.54) is 31.0 Å². The fraction of sp³-hybridized carbons (Fsp3) is 0.286. The standard InChI is InChI=1S/C28H30ClN5O4S/c1-17-25(31-18(2)26(17)28(36)30-10-13-34-11-3-4-12-34)16-23-22-15-21(8-9-24(22)32-27(23)35)39(37,38)33-20-7-5-6-19(29)14-20/h5-9,14-16,31,33H,3-4,10-13H2,1-2H3,(H,30,36)(H,32,35)/b23-16-. The zero-order valence-electron chi connectivity index (χ0n) is 21.7. The minimum atomic E-state index is -3.94. The highest BCUT2D eigenvalue weighted by molar-refractivity contribution is 7.92. The minimum Gasteiger partial charge on any atom is -0.358 e. The number of rotatable bonds is 8. The Morgan fingerprint density at radius 1 is 1.13 bits per heavy atom. The van der Waals surface area contributed by atoms with Gasteiger partial charge in [-0.25, -0.2) is 8.42 Å². The highest BCUT2D eigenvalue weighted by atomic mass is 35.5. The van der Waals surface area contributed by atoms with Crippen LogP contribution in [0.15, 0.2) is 47.4 Å². The lowest BCUT2D eigenvalue weighted by molar-refractivity contribution is -0.110. The van der Waals surface area contributed by atoms with Crippen LogP contribution in [0.25, 0.3) is 11.6 Å². The molecule has 39 heavy (non-hydrogen) atoms. The molecule has 204 valence electrons. The number of benzene rings is 2. The molecule has 1 saturated heterocycles. The summed E-state index contributed by atoms with van der Waals surface area (Å²) >= 11 is 5.99. The van der Waals surface area contributed by atoms with E-state index in [0.29, 0.717) is 56.6 Å². The van der Waals surface area contributed by atoms with Crippen LogP contribution in [-0.2, 0) is 14.8 Å². The molecule has 9 nitrogen and oxygen atoms in total. The maximum Gasteiger partial charge on any atom is 0.261 e. The Hall–Kier alpha value is -3.60. The van der Waals surface area contributed by atoms with Crippen molar-refractivity contribution in [1.29, 1.82) is 0 Å². The number of carbonyl (C=O) groups is 2. The summed E-state index contributed by atoms with van der Waals surface area (Å²) in [7, 11) is -3.94. The molecule has 2 aromatic carbocycles. The number of fused-ring (bicyclic) bond motifs is 1. The molecule has 0 radical (unpaired) electrons. The number of carbonyl (C=O) groups excluding carboxylic acids is 2. The van der Waals surface area contributed by atoms with E-state index in [4.69, 9.17) is 11.6 Å². The van der Waals surface area contributed by atoms with Crippen LogP contribution in [0.4, 0.5) is 11.4 Å². The van der Waals surface area contributed by atoms with Gasteiger partial charge in [0.25, 0.3) is 21.8 Å². The Morgan fingerprint density at radius 2 is 1.90 bits per heavy atom. The molecule has 0 saturated carbocycles. The number of nitrogens with one attached hydrogen (secondary N) is 4. The average Bonchev–Trinajstić information content (AvgIpc) is 3.57. The molecule has 11 heteroatoms. The largest absolute Gasteiger partial charge is 0.358 e. The van der Waals surface area contributed by atoms with Crippen molar-refractivity contribution in [2.45, 2.75) is 31.6 Å². The van der Waals surface area contributed by atoms with E-state index in [1.807, 2.05) is 13.8 Å². The van der Waals surface area contributed by atoms with Crippen LogP contribution in [0.5, 0.6) is 0 Å². The number of nitrogens with zero attached hydrogens (tertiary/aromatic N) is 1. The Kier molecular flexibility index (Phi) is 7.53. The van der Waals surface area contributed by atoms with Gasteiger partial charge in [0.2, 0.25) is 0 Å². The number of anilines is 2. The molecular formula is C28H30ClN5O4S. The molecule has 4 N–H and O–H groups in total. The monoisotopic (exact) mass is 567 g/mol. The van der Waals surface area contributed by atoms with Crippen molar-refractivity contribution in [2.24, 2.45) is 0 Å². The van der Waals surface area contributed by atoms with Gasteiger partial charge in [-0.3, -0.25) is 14.3 Å². The summed E-state index contributed by atoms with van der Waals surface area (Å²) in [5.41, 5.74) is 4.16. The van der Waals surface area contributed by atoms with Crippen LogP contribution in [0.3, 0.4) is 0 Å². The first-order valence-corrected chi connectivity index (χ1v) is 14.6. The highest BCUT2D eigenvalue weighted by Crippen LogP contribution is 2.36. The summed E-state index contributed by atoms with van der Waals surface area (Å²) in [5.74, 6) is -0.521. The van der Waals surface area contributed by atoms with Crippen molar-refractivity contribution in [1.82, 2.24) is 15.2 Å². The van der Waals surface area contributed by atoms with Crippen LogP contribution in [0.1, 0.15) is 45.7 Å². The van der Waals surface area contributed by atoms with E-state index in [-0.39, 0.29) is 16.7 Å². The van der Waals surface area contributed by atoms with Gasteiger partial charge in [0.05, 0.1) is 21.7 Å². The molecule has 3 aromatic rings. The molecule has 1 fully saturated rings. The second-order valence-corrected chi connectivity index (χ2v) is 11.9. The van der Waals surface area contributed by atoms with Crippen LogP contribution < -0.4 is 15.4 Å². The number of sulfonamides is 1. The lowest BCUT2D eigenvalue weighted by Gasteiger charge is -2.14. The van der Waals surface area contributed by atoms with Gasteiger partial charge in [0, 0.05) is 40.8 Å². The zero-order chi connectivity index (χ0) is 27.7. The zero-order valence-corrected chi connectivity index (χ0v) is 23.3. The van der Waals surface area contributed by atoms with E-state index in [2.05, 4.69) is 25.2 Å². The van der Waals surface area contributed by atoms with Gasteiger partial charge in [-0.1, -0.05) is 17.7 Å². The van der Waals surface area contributed by atoms with Gasteiger partial charge >= 0.3 is 0 Å². The molecule has 3 heterocycles. The molecule has 2 amide bonds. The van der Waals surface area contributed by atoms with E-state index in [1.54, 1.807) is 30.3 Å². The normalized spacial score (nSPS) is 16.4. The molecular weight excluding hydrogens is 538 g/mol. The summed E-state index contributed by atoms with van der Waals surface area (Å²) in [5, 5.41) is 6.19. The predicted molar refractivity (Wildman–Crippen MR) is 153 cm³/mol. The smallest absolute Gasteiger partial charge is 0.261 e. The lowest BCUT2D eigenvalue weighted by Crippen LogP contribution is -2.33. The highest BCUT2D eigenvalue weighted by Gasteiger charge is 2.28. The molecule has 2 aliphatic rings. The van der Waals surface area contributed by atoms with Crippen LogP contribution in [0.2, 0.25) is 5.02 Å². The van der Waals surface area contributed by atoms with Gasteiger partial charge in [-0.15, -0.1) is 0 Å². The quantitative estimate of drug-likeness (QED) is 0.300. The maximum absolute atomic E-state index is 13.1. The second kappa shape index (κ2) is 10.9. The number of hydrogen-bond donors (Lipinski definition) is 4. The molecule has 0 atom stereocenters. The van der Waals surface area contributed by atoms with Crippen molar-refractivity contribution < 1.29 is 18.0 Å². The third-order valence-electron chi connectivity index (χ3n) is 7.07. The number of aromatic amines is 1. The molecule has 5 rings (SSSR count). The summed E-state index contributed by atoms with van der Waals surface area (Å²) in [6.45, 7) is 7.17. The van der Waals surface area contributed by atoms with Gasteiger partial charge < -0.3 is 20.5 Å². The Labute approximate surface area is 232 Å². The fourth-order valence-corrected chi connectivity index (χ4v) is 6.33. The van der Waals surface area contributed by atoms with E-state index in [0.717, 1.165) is 19.6 Å². The van der Waals surface area contributed by atoms with Crippen LogP contribution in [0, 0.1) is 13.8 Å². The van der Waals surface area contributed by atoms with Gasteiger partial charge in [-0.05, 0) is 87.8 Å². The summed E-state index contributed by atoms with van der Waals surface area (Å²) in [6, 6.07) is 10.9. The molecule has 2 aliphatic heterocycles. The molecule has 0 spiro atoms. The number of H-pyrrole nitrogens is 1. The lowest BCUT2D eigenvalue weighted by atomic mass is 10.0. The topological polar surface area (TPSA) is 123 Å². The first-order chi connectivity index (χ1) is 18.6. The number of aryl methyl sites for hydroxylation is 1. The first kappa shape index (κ1) is 27.0. The number of aromatic nitrogens is 1. The van der Waals surface area contributed by atoms with E-state index < -0.39 is 10.0 Å². The number of hydrogen-bond acceptors (Lipinski definition) is 5. The molecule has 1 aromatic heterocycles. The van der Waals surface area contributed by atoms with Crippen LogP contribution >= 0.6 is 11.6 Å². The van der Waals surface area contributed by atoms with Crippen molar-refractivity contribution in [3.05, 3.63) is 75.6 Å². The van der Waals surface area contributed by atoms with Gasteiger partial charge in [0.15, 0.2) is 0 Å². The third kappa shape index (κ3) is 5.73. The molecule has 0 bridgehead atoms. The van der Waals surface area contributed by atoms with E-state index >= 15 is 0 Å². The summed E-state index contributed by atoms with van der Waals surface area (Å²) < 4.78 is 28.7. The molecule has 0 aliphatic carbocycles. The Balaban J connectivity index is 1.39. The van der Waals surface area contributed by atoms with Crippen molar-refractivity contribution >= 4 is 56.5 Å². The van der Waals surface area contributed by atoms with Gasteiger partial charge in [-0.2, -0.15) is 0 Å². The maximum atomic E-state index is 13.1. The SMILES string of the molecule is Cc1[nH]c(/C=C2\C(=O)Nc3ccc(S(=O)(=O)Nc4cccc(Cl)c4)cc32)c(C)c1C(=O)NCCN1CCCC1. The Morgan fingerprint density at radius 3 is 2.64 bits per heavy atom. The summed E-state index contributed by atoms with van der Waals surface area (Å²) in [4.78, 5) is 31.4. The minimum absolute atomic E-state index is 0.00100. The number of likely N-dealkylation sites (tertiary alicyclic amines) is 1. The predicted octanol–water partition coefficient (Wildman–Crippen LogP) is 4.40. The number of halogens is 1. The van der Waals surface area contributed by atoms with E-state index in [9.17, 15) is 18.0 Å². The summed E-state index contributed by atoms with van der Waals surface area (Å²) in [6.07, 6.45) is 4.06. The van der Waals surface area contributed by atoms with Crippen LogP contribution in [-0.4, -0.2) is 56.3 Å². The van der Waals surface area contributed by atoms with Crippen molar-refractivity contribution in [2.75, 3.05) is 36.2 Å².